The van der Waals surface area contributed by atoms with Crippen LogP contribution in [0.25, 0.3) is 0 Å². The number of carbonyl (C=O) groups is 1. The van der Waals surface area contributed by atoms with Crippen molar-refractivity contribution in [3.8, 4) is 0 Å². The van der Waals surface area contributed by atoms with Crippen LogP contribution >= 0.6 is 0 Å². The zero-order chi connectivity index (χ0) is 20.0. The standard InChI is InChI=1S/C19H24N2O5S/c1-4-10-26-20-16(5-2)19-17(22)11-14(12-18(19)23)13-6-8-15(9-7-13)21-27(3,24)25/h4,6-9,14,21-22H,1,5,10-12H2,2-3H3. The first-order valence-corrected chi connectivity index (χ1v) is 10.5. The van der Waals surface area contributed by atoms with Crippen LogP contribution in [-0.2, 0) is 19.7 Å². The molecule has 27 heavy (non-hydrogen) atoms. The average Bonchev–Trinajstić information content (AvgIpc) is 2.59. The van der Waals surface area contributed by atoms with Crippen molar-refractivity contribution in [3.05, 3.63) is 53.8 Å². The monoisotopic (exact) mass is 392 g/mol. The van der Waals surface area contributed by atoms with Crippen LogP contribution in [0.2, 0.25) is 0 Å². The molecule has 1 aromatic carbocycles. The number of benzene rings is 1. The number of aliphatic hydroxyl groups excluding tert-OH is 1. The molecule has 1 unspecified atom stereocenters. The third-order valence-corrected chi connectivity index (χ3v) is 4.72. The molecule has 146 valence electrons. The van der Waals surface area contributed by atoms with Crippen LogP contribution in [0.15, 0.2) is 53.4 Å². The van der Waals surface area contributed by atoms with E-state index in [0.717, 1.165) is 11.8 Å². The van der Waals surface area contributed by atoms with Crippen molar-refractivity contribution in [1.29, 1.82) is 0 Å². The number of ketones is 1. The van der Waals surface area contributed by atoms with Crippen LogP contribution < -0.4 is 4.72 Å². The second-order valence-electron chi connectivity index (χ2n) is 6.32. The number of allylic oxidation sites excluding steroid dienone is 2. The van der Waals surface area contributed by atoms with Gasteiger partial charge in [-0.25, -0.2) is 8.42 Å². The molecule has 0 fully saturated rings. The first kappa shape index (κ1) is 20.7. The van der Waals surface area contributed by atoms with Gasteiger partial charge >= 0.3 is 0 Å². The van der Waals surface area contributed by atoms with Gasteiger partial charge in [0.2, 0.25) is 10.0 Å². The third kappa shape index (κ3) is 5.68. The molecule has 0 amide bonds. The second kappa shape index (κ2) is 8.85. The summed E-state index contributed by atoms with van der Waals surface area (Å²) < 4.78 is 24.9. The molecule has 0 spiro atoms. The predicted molar refractivity (Wildman–Crippen MR) is 105 cm³/mol. The van der Waals surface area contributed by atoms with Gasteiger partial charge in [-0.3, -0.25) is 9.52 Å². The molecule has 7 nitrogen and oxygen atoms in total. The maximum absolute atomic E-state index is 12.6. The quantitative estimate of drug-likeness (QED) is 0.306. The molecule has 8 heteroatoms. The minimum atomic E-state index is -3.34. The Bertz CT molecular complexity index is 870. The largest absolute Gasteiger partial charge is 0.511 e. The Hall–Kier alpha value is -2.61. The van der Waals surface area contributed by atoms with Crippen molar-refractivity contribution in [2.45, 2.75) is 32.1 Å². The van der Waals surface area contributed by atoms with E-state index < -0.39 is 10.0 Å². The number of hydrogen-bond acceptors (Lipinski definition) is 6. The molecule has 1 aromatic rings. The Morgan fingerprint density at radius 3 is 2.56 bits per heavy atom. The molecule has 0 saturated carbocycles. The fourth-order valence-electron chi connectivity index (χ4n) is 2.95. The highest BCUT2D eigenvalue weighted by Crippen LogP contribution is 2.35. The number of oxime groups is 1. The topological polar surface area (TPSA) is 105 Å². The number of anilines is 1. The van der Waals surface area contributed by atoms with Gasteiger partial charge in [0.25, 0.3) is 0 Å². The fraction of sp³-hybridized carbons (Fsp3) is 0.368. The predicted octanol–water partition coefficient (Wildman–Crippen LogP) is 3.29. The zero-order valence-electron chi connectivity index (χ0n) is 15.4. The van der Waals surface area contributed by atoms with Gasteiger partial charge in [0.1, 0.15) is 12.4 Å². The van der Waals surface area contributed by atoms with Gasteiger partial charge in [0.05, 0.1) is 17.5 Å². The molecule has 0 bridgehead atoms. The minimum Gasteiger partial charge on any atom is -0.511 e. The van der Waals surface area contributed by atoms with E-state index >= 15 is 0 Å². The van der Waals surface area contributed by atoms with E-state index in [0.29, 0.717) is 24.2 Å². The number of aliphatic hydroxyl groups is 1. The van der Waals surface area contributed by atoms with E-state index in [1.165, 1.54) is 0 Å². The number of nitrogens with zero attached hydrogens (tertiary/aromatic N) is 1. The van der Waals surface area contributed by atoms with E-state index in [-0.39, 0.29) is 36.1 Å². The van der Waals surface area contributed by atoms with Crippen LogP contribution in [0.5, 0.6) is 0 Å². The summed E-state index contributed by atoms with van der Waals surface area (Å²) in [5, 5.41) is 14.4. The normalized spacial score (nSPS) is 18.4. The van der Waals surface area contributed by atoms with E-state index in [1.807, 2.05) is 6.92 Å². The SMILES string of the molecule is C=CCON=C(CC)C1=C(O)CC(c2ccc(NS(C)(=O)=O)cc2)CC1=O. The number of Topliss-reactive ketones (excluding diaryl/α,β-unsaturated/α-hetero) is 1. The lowest BCUT2D eigenvalue weighted by molar-refractivity contribution is -0.116. The molecule has 0 aliphatic heterocycles. The van der Waals surface area contributed by atoms with Crippen LogP contribution in [0.4, 0.5) is 5.69 Å². The van der Waals surface area contributed by atoms with Crippen molar-refractivity contribution < 1.29 is 23.2 Å². The number of rotatable bonds is 8. The van der Waals surface area contributed by atoms with Crippen molar-refractivity contribution >= 4 is 27.2 Å². The van der Waals surface area contributed by atoms with Crippen molar-refractivity contribution in [2.24, 2.45) is 5.16 Å². The Morgan fingerprint density at radius 2 is 2.04 bits per heavy atom. The van der Waals surface area contributed by atoms with Gasteiger partial charge in [0, 0.05) is 18.5 Å². The van der Waals surface area contributed by atoms with Crippen molar-refractivity contribution in [2.75, 3.05) is 17.6 Å². The van der Waals surface area contributed by atoms with Crippen LogP contribution in [0.1, 0.15) is 37.7 Å². The number of hydrogen-bond donors (Lipinski definition) is 2. The molecule has 1 aliphatic rings. The molecule has 2 N–H and O–H groups in total. The summed E-state index contributed by atoms with van der Waals surface area (Å²) in [7, 11) is -3.34. The molecule has 0 aromatic heterocycles. The number of carbonyl (C=O) groups excluding carboxylic acids is 1. The van der Waals surface area contributed by atoms with Gasteiger partial charge in [-0.2, -0.15) is 0 Å². The lowest BCUT2D eigenvalue weighted by atomic mass is 9.81. The first-order chi connectivity index (χ1) is 12.7. The molecule has 1 atom stereocenters. The Labute approximate surface area is 159 Å². The lowest BCUT2D eigenvalue weighted by Gasteiger charge is -2.24. The molecule has 0 heterocycles. The molecular formula is C19H24N2O5S. The van der Waals surface area contributed by atoms with E-state index in [4.69, 9.17) is 4.84 Å². The summed E-state index contributed by atoms with van der Waals surface area (Å²) >= 11 is 0. The molecule has 0 radical (unpaired) electrons. The summed E-state index contributed by atoms with van der Waals surface area (Å²) in [6.07, 6.45) is 3.63. The summed E-state index contributed by atoms with van der Waals surface area (Å²) in [6.45, 7) is 5.60. The second-order valence-corrected chi connectivity index (χ2v) is 8.07. The minimum absolute atomic E-state index is 0.00242. The van der Waals surface area contributed by atoms with E-state index in [9.17, 15) is 18.3 Å². The third-order valence-electron chi connectivity index (χ3n) is 4.11. The van der Waals surface area contributed by atoms with Crippen LogP contribution in [0, 0.1) is 0 Å². The fourth-order valence-corrected chi connectivity index (χ4v) is 3.51. The maximum atomic E-state index is 12.6. The highest BCUT2D eigenvalue weighted by molar-refractivity contribution is 7.92. The highest BCUT2D eigenvalue weighted by atomic mass is 32.2. The van der Waals surface area contributed by atoms with Gasteiger partial charge in [-0.05, 0) is 30.0 Å². The average molecular weight is 392 g/mol. The number of nitrogens with one attached hydrogen (secondary N) is 1. The summed E-state index contributed by atoms with van der Waals surface area (Å²) in [4.78, 5) is 17.7. The maximum Gasteiger partial charge on any atom is 0.229 e. The Morgan fingerprint density at radius 1 is 1.37 bits per heavy atom. The summed E-state index contributed by atoms with van der Waals surface area (Å²) in [5.41, 5.74) is 1.95. The smallest absolute Gasteiger partial charge is 0.229 e. The van der Waals surface area contributed by atoms with E-state index in [1.54, 1.807) is 30.3 Å². The molecule has 1 aliphatic carbocycles. The lowest BCUT2D eigenvalue weighted by Crippen LogP contribution is -2.23. The summed E-state index contributed by atoms with van der Waals surface area (Å²) in [5.74, 6) is -0.372. The van der Waals surface area contributed by atoms with Gasteiger partial charge in [0.15, 0.2) is 5.78 Å². The Balaban J connectivity index is 2.20. The van der Waals surface area contributed by atoms with Gasteiger partial charge in [-0.1, -0.05) is 36.9 Å². The highest BCUT2D eigenvalue weighted by Gasteiger charge is 2.31. The van der Waals surface area contributed by atoms with Crippen molar-refractivity contribution in [3.63, 3.8) is 0 Å². The summed E-state index contributed by atoms with van der Waals surface area (Å²) in [6, 6.07) is 6.79. The van der Waals surface area contributed by atoms with Crippen LogP contribution in [-0.4, -0.2) is 37.9 Å². The zero-order valence-corrected chi connectivity index (χ0v) is 16.3. The van der Waals surface area contributed by atoms with Crippen molar-refractivity contribution in [1.82, 2.24) is 0 Å². The van der Waals surface area contributed by atoms with Gasteiger partial charge < -0.3 is 9.94 Å². The Kier molecular flexibility index (Phi) is 6.79. The van der Waals surface area contributed by atoms with E-state index in [2.05, 4.69) is 16.5 Å². The van der Waals surface area contributed by atoms with Gasteiger partial charge in [-0.15, -0.1) is 0 Å². The molecule has 0 saturated heterocycles. The first-order valence-electron chi connectivity index (χ1n) is 8.58. The molecular weight excluding hydrogens is 368 g/mol. The number of sulfonamides is 1. The molecule has 2 rings (SSSR count). The van der Waals surface area contributed by atoms with Crippen LogP contribution in [0.3, 0.4) is 0 Å².